The van der Waals surface area contributed by atoms with Crippen LogP contribution in [0, 0.1) is 18.3 Å². The third-order valence-corrected chi connectivity index (χ3v) is 5.18. The third kappa shape index (κ3) is 4.87. The van der Waals surface area contributed by atoms with Crippen molar-refractivity contribution in [1.82, 2.24) is 9.97 Å². The summed E-state index contributed by atoms with van der Waals surface area (Å²) in [7, 11) is 0. The van der Waals surface area contributed by atoms with E-state index in [9.17, 15) is 23.2 Å². The van der Waals surface area contributed by atoms with Crippen LogP contribution in [0.1, 0.15) is 27.0 Å². The van der Waals surface area contributed by atoms with Gasteiger partial charge in [0.25, 0.3) is 5.91 Å². The number of hydrogen-bond donors (Lipinski definition) is 1. The Morgan fingerprint density at radius 3 is 2.70 bits per heavy atom. The van der Waals surface area contributed by atoms with Crippen molar-refractivity contribution in [2.75, 3.05) is 23.3 Å². The Morgan fingerprint density at radius 1 is 1.18 bits per heavy atom. The zero-order valence-corrected chi connectivity index (χ0v) is 17.4. The minimum atomic E-state index is -4.56. The molecule has 0 saturated carbocycles. The first-order valence-corrected chi connectivity index (χ1v) is 9.94. The van der Waals surface area contributed by atoms with Crippen molar-refractivity contribution in [2.24, 2.45) is 0 Å². The number of pyridine rings is 2. The highest BCUT2D eigenvalue weighted by molar-refractivity contribution is 6.04. The van der Waals surface area contributed by atoms with Crippen LogP contribution in [-0.2, 0) is 6.18 Å². The number of nitrogens with one attached hydrogen (secondary N) is 1. The van der Waals surface area contributed by atoms with E-state index in [4.69, 9.17) is 4.74 Å². The Kier molecular flexibility index (Phi) is 5.87. The molecule has 1 aromatic carbocycles. The average Bonchev–Trinajstić information content (AvgIpc) is 2.76. The minimum Gasteiger partial charge on any atom is -0.486 e. The van der Waals surface area contributed by atoms with Crippen LogP contribution in [0.5, 0.6) is 5.75 Å². The predicted octanol–water partition coefficient (Wildman–Crippen LogP) is 4.20. The summed E-state index contributed by atoms with van der Waals surface area (Å²) in [5.74, 6) is -0.0774. The highest BCUT2D eigenvalue weighted by Crippen LogP contribution is 2.31. The fraction of sp³-hybridized carbons (Fsp3) is 0.217. The van der Waals surface area contributed by atoms with E-state index in [2.05, 4.69) is 21.4 Å². The third-order valence-electron chi connectivity index (χ3n) is 5.18. The van der Waals surface area contributed by atoms with Crippen molar-refractivity contribution in [3.05, 3.63) is 77.4 Å². The predicted molar refractivity (Wildman–Crippen MR) is 114 cm³/mol. The molecular formula is C23H18F3N5O2. The molecule has 0 radical (unpaired) electrons. The number of carbonyl (C=O) groups is 1. The maximum atomic E-state index is 12.9. The molecule has 3 aromatic rings. The minimum absolute atomic E-state index is 0.0581. The number of benzene rings is 1. The fourth-order valence-electron chi connectivity index (χ4n) is 3.36. The average molecular weight is 453 g/mol. The molecule has 1 N–H and O–H groups in total. The Bertz CT molecular complexity index is 1230. The molecule has 1 saturated heterocycles. The number of hydrogen-bond acceptors (Lipinski definition) is 6. The molecule has 2 aromatic heterocycles. The van der Waals surface area contributed by atoms with Crippen molar-refractivity contribution in [1.29, 1.82) is 5.26 Å². The van der Waals surface area contributed by atoms with Gasteiger partial charge in [-0.2, -0.15) is 18.4 Å². The molecule has 1 aliphatic rings. The molecule has 0 bridgehead atoms. The summed E-state index contributed by atoms with van der Waals surface area (Å²) in [4.78, 5) is 22.2. The van der Waals surface area contributed by atoms with Crippen LogP contribution in [0.25, 0.3) is 0 Å². The van der Waals surface area contributed by atoms with Crippen molar-refractivity contribution in [3.8, 4) is 11.8 Å². The molecule has 3 heterocycles. The summed E-state index contributed by atoms with van der Waals surface area (Å²) < 4.78 is 44.6. The monoisotopic (exact) mass is 453 g/mol. The van der Waals surface area contributed by atoms with Crippen molar-refractivity contribution in [2.45, 2.75) is 19.2 Å². The number of aryl methyl sites for hydroxylation is 1. The van der Waals surface area contributed by atoms with Crippen molar-refractivity contribution < 1.29 is 22.7 Å². The molecule has 168 valence electrons. The summed E-state index contributed by atoms with van der Waals surface area (Å²) in [6.45, 7) is 2.93. The first-order chi connectivity index (χ1) is 15.7. The van der Waals surface area contributed by atoms with E-state index in [0.29, 0.717) is 30.6 Å². The van der Waals surface area contributed by atoms with E-state index >= 15 is 0 Å². The maximum Gasteiger partial charge on any atom is 0.417 e. The summed E-state index contributed by atoms with van der Waals surface area (Å²) in [5, 5.41) is 11.7. The van der Waals surface area contributed by atoms with Gasteiger partial charge in [0, 0.05) is 18.0 Å². The van der Waals surface area contributed by atoms with Gasteiger partial charge in [-0.3, -0.25) is 14.8 Å². The van der Waals surface area contributed by atoms with Gasteiger partial charge in [0.15, 0.2) is 0 Å². The summed E-state index contributed by atoms with van der Waals surface area (Å²) in [5.41, 5.74) is 1.31. The van der Waals surface area contributed by atoms with Gasteiger partial charge in [-0.15, -0.1) is 0 Å². The van der Waals surface area contributed by atoms with Crippen LogP contribution < -0.4 is 15.0 Å². The number of halogens is 3. The second kappa shape index (κ2) is 8.78. The topological polar surface area (TPSA) is 91.1 Å². The quantitative estimate of drug-likeness (QED) is 0.623. The largest absolute Gasteiger partial charge is 0.486 e. The van der Waals surface area contributed by atoms with Crippen LogP contribution in [0.3, 0.4) is 0 Å². The lowest BCUT2D eigenvalue weighted by atomic mass is 10.1. The van der Waals surface area contributed by atoms with Crippen molar-refractivity contribution in [3.63, 3.8) is 0 Å². The molecule has 0 atom stereocenters. The fourth-order valence-corrected chi connectivity index (χ4v) is 3.36. The maximum absolute atomic E-state index is 12.9. The molecule has 1 aliphatic heterocycles. The number of aromatic nitrogens is 2. The smallest absolute Gasteiger partial charge is 0.417 e. The highest BCUT2D eigenvalue weighted by atomic mass is 19.4. The Hall–Kier alpha value is -4.13. The zero-order chi connectivity index (χ0) is 23.6. The number of nitrogens with zero attached hydrogens (tertiary/aromatic N) is 4. The van der Waals surface area contributed by atoms with Crippen LogP contribution in [0.4, 0.5) is 24.5 Å². The Morgan fingerprint density at radius 2 is 1.97 bits per heavy atom. The molecule has 10 heteroatoms. The van der Waals surface area contributed by atoms with Crippen LogP contribution >= 0.6 is 0 Å². The Labute approximate surface area is 187 Å². The lowest BCUT2D eigenvalue weighted by Gasteiger charge is -2.41. The van der Waals surface area contributed by atoms with Gasteiger partial charge in [0.1, 0.15) is 17.9 Å². The van der Waals surface area contributed by atoms with Gasteiger partial charge >= 0.3 is 6.18 Å². The molecule has 33 heavy (non-hydrogen) atoms. The number of ether oxygens (including phenoxy) is 1. The van der Waals surface area contributed by atoms with Gasteiger partial charge in [0.05, 0.1) is 48.0 Å². The molecule has 0 spiro atoms. The molecular weight excluding hydrogens is 435 g/mol. The first kappa shape index (κ1) is 22.1. The number of anilines is 2. The molecule has 1 fully saturated rings. The highest BCUT2D eigenvalue weighted by Gasteiger charge is 2.32. The van der Waals surface area contributed by atoms with Gasteiger partial charge in [0.2, 0.25) is 0 Å². The number of alkyl halides is 3. The zero-order valence-electron chi connectivity index (χ0n) is 17.4. The standard InChI is InChI=1S/C23H18F3N5O2/c1-14-2-3-15(22(32)30-18-7-17(9-29-10-18)23(24,25)26)6-21(14)33-19-12-31(13-19)20-11-28-5-4-16(20)8-27/h2-7,9-11,19H,12-13H2,1H3,(H,30,32). The SMILES string of the molecule is Cc1ccc(C(=O)Nc2cncc(C(F)(F)F)c2)cc1OC1CN(c2cnccc2C#N)C1. The number of amides is 1. The van der Waals surface area contributed by atoms with Gasteiger partial charge in [-0.05, 0) is 36.8 Å². The molecule has 7 nitrogen and oxygen atoms in total. The first-order valence-electron chi connectivity index (χ1n) is 9.94. The van der Waals surface area contributed by atoms with E-state index in [1.54, 1.807) is 36.7 Å². The van der Waals surface area contributed by atoms with E-state index in [1.165, 1.54) is 0 Å². The lowest BCUT2D eigenvalue weighted by Crippen LogP contribution is -2.54. The van der Waals surface area contributed by atoms with Gasteiger partial charge < -0.3 is 15.0 Å². The molecule has 0 unspecified atom stereocenters. The number of carbonyl (C=O) groups excluding carboxylic acids is 1. The normalized spacial score (nSPS) is 13.7. The van der Waals surface area contributed by atoms with Crippen LogP contribution in [0.15, 0.2) is 55.1 Å². The van der Waals surface area contributed by atoms with E-state index in [0.717, 1.165) is 23.5 Å². The summed E-state index contributed by atoms with van der Waals surface area (Å²) in [6.07, 6.45) is 0.329. The van der Waals surface area contributed by atoms with Crippen molar-refractivity contribution >= 4 is 17.3 Å². The molecule has 0 aliphatic carbocycles. The van der Waals surface area contributed by atoms with E-state index in [1.807, 2.05) is 11.8 Å². The van der Waals surface area contributed by atoms with Crippen LogP contribution in [-0.4, -0.2) is 35.1 Å². The second-order valence-corrected chi connectivity index (χ2v) is 7.54. The molecule has 1 amide bonds. The lowest BCUT2D eigenvalue weighted by molar-refractivity contribution is -0.137. The van der Waals surface area contributed by atoms with E-state index < -0.39 is 17.6 Å². The summed E-state index contributed by atoms with van der Waals surface area (Å²) >= 11 is 0. The summed E-state index contributed by atoms with van der Waals surface area (Å²) in [6, 6.07) is 9.44. The van der Waals surface area contributed by atoms with Gasteiger partial charge in [-0.1, -0.05) is 6.07 Å². The molecule has 4 rings (SSSR count). The van der Waals surface area contributed by atoms with Crippen LogP contribution in [0.2, 0.25) is 0 Å². The second-order valence-electron chi connectivity index (χ2n) is 7.54. The van der Waals surface area contributed by atoms with E-state index in [-0.39, 0.29) is 17.4 Å². The number of rotatable bonds is 5. The Balaban J connectivity index is 1.42. The number of nitriles is 1. The van der Waals surface area contributed by atoms with Gasteiger partial charge in [-0.25, -0.2) is 0 Å².